The molecule has 0 amide bonds. The lowest BCUT2D eigenvalue weighted by Gasteiger charge is -2.27. The molecule has 2 fully saturated rings. The van der Waals surface area contributed by atoms with Crippen LogP contribution in [0.15, 0.2) is 41.5 Å². The number of pyridine rings is 1. The Kier molecular flexibility index (Phi) is 4.84. The van der Waals surface area contributed by atoms with Crippen LogP contribution in [-0.4, -0.2) is 51.3 Å². The summed E-state index contributed by atoms with van der Waals surface area (Å²) in [4.78, 5) is 16.4. The van der Waals surface area contributed by atoms with Gasteiger partial charge in [0.2, 0.25) is 0 Å². The van der Waals surface area contributed by atoms with Crippen molar-refractivity contribution in [2.75, 3.05) is 19.8 Å². The molecule has 1 aliphatic heterocycles. The zero-order chi connectivity index (χ0) is 18.0. The highest BCUT2D eigenvalue weighted by Gasteiger charge is 2.36. The molecule has 2 atom stereocenters. The first-order valence-corrected chi connectivity index (χ1v) is 9.18. The largest absolute Gasteiger partial charge is 0.389 e. The van der Waals surface area contributed by atoms with E-state index in [-0.39, 0.29) is 17.6 Å². The standard InChI is InChI=1S/C19H24N4O3/c24-18-4-3-15(14-5-9-20-10-6-14)22-23(18)17-12-26-11-16(17)21-13-19(25)7-1-2-8-19/h3-6,9-10,16-17,21,25H,1-2,7-8,11-13H2. The molecular formula is C19H24N4O3. The van der Waals surface area contributed by atoms with E-state index in [0.717, 1.165) is 36.9 Å². The maximum Gasteiger partial charge on any atom is 0.267 e. The first-order valence-electron chi connectivity index (χ1n) is 9.18. The lowest BCUT2D eigenvalue weighted by molar-refractivity contribution is 0.0433. The Morgan fingerprint density at radius 2 is 1.96 bits per heavy atom. The third-order valence-electron chi connectivity index (χ3n) is 5.39. The van der Waals surface area contributed by atoms with Crippen molar-refractivity contribution in [3.63, 3.8) is 0 Å². The Morgan fingerprint density at radius 3 is 2.73 bits per heavy atom. The van der Waals surface area contributed by atoms with Crippen molar-refractivity contribution < 1.29 is 9.84 Å². The fourth-order valence-corrected chi connectivity index (χ4v) is 3.85. The van der Waals surface area contributed by atoms with Gasteiger partial charge < -0.3 is 15.2 Å². The number of ether oxygens (including phenoxy) is 1. The van der Waals surface area contributed by atoms with E-state index in [1.807, 2.05) is 12.1 Å². The van der Waals surface area contributed by atoms with Crippen LogP contribution in [0.2, 0.25) is 0 Å². The Hall–Kier alpha value is -2.09. The molecule has 2 aromatic heterocycles. The van der Waals surface area contributed by atoms with E-state index in [4.69, 9.17) is 4.74 Å². The molecular weight excluding hydrogens is 332 g/mol. The lowest BCUT2D eigenvalue weighted by Crippen LogP contribution is -2.47. The second-order valence-corrected chi connectivity index (χ2v) is 7.26. The molecule has 3 heterocycles. The molecule has 2 unspecified atom stereocenters. The number of rotatable bonds is 5. The molecule has 0 bridgehead atoms. The SMILES string of the molecule is O=c1ccc(-c2ccncc2)nn1C1COCC1NCC1(O)CCCC1. The second kappa shape index (κ2) is 7.26. The second-order valence-electron chi connectivity index (χ2n) is 7.26. The smallest absolute Gasteiger partial charge is 0.267 e. The van der Waals surface area contributed by atoms with Crippen LogP contribution >= 0.6 is 0 Å². The maximum absolute atomic E-state index is 12.4. The van der Waals surface area contributed by atoms with Gasteiger partial charge in [-0.2, -0.15) is 5.10 Å². The molecule has 0 spiro atoms. The lowest BCUT2D eigenvalue weighted by atomic mass is 10.0. The van der Waals surface area contributed by atoms with Crippen LogP contribution in [0.4, 0.5) is 0 Å². The van der Waals surface area contributed by atoms with Crippen LogP contribution in [0, 0.1) is 0 Å². The molecule has 7 nitrogen and oxygen atoms in total. The molecule has 0 aromatic carbocycles. The van der Waals surface area contributed by atoms with E-state index in [0.29, 0.717) is 19.8 Å². The van der Waals surface area contributed by atoms with Crippen molar-refractivity contribution in [2.24, 2.45) is 0 Å². The molecule has 4 rings (SSSR count). The normalized spacial score (nSPS) is 24.8. The van der Waals surface area contributed by atoms with E-state index in [2.05, 4.69) is 15.4 Å². The molecule has 138 valence electrons. The molecule has 2 N–H and O–H groups in total. The summed E-state index contributed by atoms with van der Waals surface area (Å²) in [5, 5.41) is 18.5. The highest BCUT2D eigenvalue weighted by molar-refractivity contribution is 5.57. The minimum atomic E-state index is -0.635. The number of hydrogen-bond donors (Lipinski definition) is 2. The average molecular weight is 356 g/mol. The van der Waals surface area contributed by atoms with Crippen LogP contribution < -0.4 is 10.9 Å². The zero-order valence-electron chi connectivity index (χ0n) is 14.7. The zero-order valence-corrected chi connectivity index (χ0v) is 14.7. The fourth-order valence-electron chi connectivity index (χ4n) is 3.85. The van der Waals surface area contributed by atoms with Crippen LogP contribution in [0.1, 0.15) is 31.7 Å². The molecule has 1 aliphatic carbocycles. The molecule has 0 radical (unpaired) electrons. The van der Waals surface area contributed by atoms with Crippen molar-refractivity contribution in [2.45, 2.75) is 43.4 Å². The van der Waals surface area contributed by atoms with Gasteiger partial charge in [0.1, 0.15) is 0 Å². The number of nitrogens with zero attached hydrogens (tertiary/aromatic N) is 3. The van der Waals surface area contributed by atoms with Gasteiger partial charge in [0.25, 0.3) is 5.56 Å². The van der Waals surface area contributed by atoms with E-state index >= 15 is 0 Å². The van der Waals surface area contributed by atoms with Gasteiger partial charge in [-0.25, -0.2) is 4.68 Å². The quantitative estimate of drug-likeness (QED) is 0.835. The monoisotopic (exact) mass is 356 g/mol. The summed E-state index contributed by atoms with van der Waals surface area (Å²) in [6.07, 6.45) is 7.20. The first kappa shape index (κ1) is 17.3. The minimum absolute atomic E-state index is 0.0440. The van der Waals surface area contributed by atoms with Gasteiger partial charge >= 0.3 is 0 Å². The average Bonchev–Trinajstić information content (AvgIpc) is 3.31. The third-order valence-corrected chi connectivity index (χ3v) is 5.39. The summed E-state index contributed by atoms with van der Waals surface area (Å²) in [6.45, 7) is 1.47. The van der Waals surface area contributed by atoms with E-state index in [9.17, 15) is 9.90 Å². The van der Waals surface area contributed by atoms with E-state index < -0.39 is 5.60 Å². The van der Waals surface area contributed by atoms with E-state index in [1.54, 1.807) is 24.5 Å². The Balaban J connectivity index is 1.54. The van der Waals surface area contributed by atoms with Crippen LogP contribution in [0.25, 0.3) is 11.3 Å². The summed E-state index contributed by atoms with van der Waals surface area (Å²) < 4.78 is 7.13. The summed E-state index contributed by atoms with van der Waals surface area (Å²) >= 11 is 0. The van der Waals surface area contributed by atoms with Crippen LogP contribution in [-0.2, 0) is 4.74 Å². The van der Waals surface area contributed by atoms with Gasteiger partial charge in [0.15, 0.2) is 0 Å². The summed E-state index contributed by atoms with van der Waals surface area (Å²) in [5.41, 5.74) is 0.860. The predicted molar refractivity (Wildman–Crippen MR) is 96.8 cm³/mol. The number of hydrogen-bond acceptors (Lipinski definition) is 6. The van der Waals surface area contributed by atoms with Gasteiger partial charge in [-0.05, 0) is 31.0 Å². The Labute approximate surface area is 152 Å². The number of nitrogens with one attached hydrogen (secondary N) is 1. The van der Waals surface area contributed by atoms with Gasteiger partial charge in [-0.15, -0.1) is 0 Å². The van der Waals surface area contributed by atoms with E-state index in [1.165, 1.54) is 4.68 Å². The highest BCUT2D eigenvalue weighted by Crippen LogP contribution is 2.29. The van der Waals surface area contributed by atoms with Crippen molar-refractivity contribution in [1.82, 2.24) is 20.1 Å². The Bertz CT molecular complexity index is 802. The molecule has 26 heavy (non-hydrogen) atoms. The fraction of sp³-hybridized carbons (Fsp3) is 0.526. The number of aromatic nitrogens is 3. The van der Waals surface area contributed by atoms with Gasteiger partial charge in [-0.3, -0.25) is 9.78 Å². The third kappa shape index (κ3) is 3.56. The van der Waals surface area contributed by atoms with Gasteiger partial charge in [-0.1, -0.05) is 12.8 Å². The summed E-state index contributed by atoms with van der Waals surface area (Å²) in [6, 6.07) is 6.78. The van der Waals surface area contributed by atoms with Gasteiger partial charge in [0.05, 0.1) is 36.6 Å². The highest BCUT2D eigenvalue weighted by atomic mass is 16.5. The van der Waals surface area contributed by atoms with Crippen LogP contribution in [0.5, 0.6) is 0 Å². The molecule has 1 saturated heterocycles. The molecule has 1 saturated carbocycles. The van der Waals surface area contributed by atoms with Crippen molar-refractivity contribution in [3.8, 4) is 11.3 Å². The Morgan fingerprint density at radius 1 is 1.19 bits per heavy atom. The van der Waals surface area contributed by atoms with Crippen molar-refractivity contribution in [3.05, 3.63) is 47.0 Å². The van der Waals surface area contributed by atoms with Crippen molar-refractivity contribution in [1.29, 1.82) is 0 Å². The number of aliphatic hydroxyl groups is 1. The topological polar surface area (TPSA) is 89.3 Å². The van der Waals surface area contributed by atoms with Gasteiger partial charge in [0, 0.05) is 30.6 Å². The molecule has 7 heteroatoms. The van der Waals surface area contributed by atoms with Crippen molar-refractivity contribution >= 4 is 0 Å². The maximum atomic E-state index is 12.4. The first-order chi connectivity index (χ1) is 12.6. The predicted octanol–water partition coefficient (Wildman–Crippen LogP) is 1.14. The summed E-state index contributed by atoms with van der Waals surface area (Å²) in [5.74, 6) is 0. The summed E-state index contributed by atoms with van der Waals surface area (Å²) in [7, 11) is 0. The molecule has 2 aliphatic rings. The van der Waals surface area contributed by atoms with Crippen LogP contribution in [0.3, 0.4) is 0 Å². The molecule has 2 aromatic rings. The minimum Gasteiger partial charge on any atom is -0.389 e.